The monoisotopic (exact) mass is 529 g/mol. The van der Waals surface area contributed by atoms with Gasteiger partial charge in [0.15, 0.2) is 17.6 Å². The van der Waals surface area contributed by atoms with Crippen molar-refractivity contribution in [1.29, 1.82) is 0 Å². The zero-order valence-corrected chi connectivity index (χ0v) is 22.4. The van der Waals surface area contributed by atoms with Gasteiger partial charge in [-0.15, -0.1) is 0 Å². The van der Waals surface area contributed by atoms with E-state index in [-0.39, 0.29) is 25.0 Å². The number of rotatable bonds is 9. The highest BCUT2D eigenvalue weighted by Gasteiger charge is 2.41. The highest BCUT2D eigenvalue weighted by atomic mass is 16.5. The molecule has 7 heteroatoms. The Morgan fingerprint density at radius 3 is 2.36 bits per heavy atom. The minimum Gasteiger partial charge on any atom is -0.493 e. The fourth-order valence-corrected chi connectivity index (χ4v) is 5.66. The lowest BCUT2D eigenvalue weighted by Crippen LogP contribution is -2.51. The van der Waals surface area contributed by atoms with Crippen molar-refractivity contribution < 1.29 is 28.9 Å². The van der Waals surface area contributed by atoms with Crippen molar-refractivity contribution in [3.8, 4) is 11.5 Å². The van der Waals surface area contributed by atoms with Gasteiger partial charge in [-0.25, -0.2) is 4.79 Å². The summed E-state index contributed by atoms with van der Waals surface area (Å²) in [5, 5.41) is 10.3. The number of carbonyl (C=O) groups excluding carboxylic acids is 1. The van der Waals surface area contributed by atoms with Gasteiger partial charge in [0.2, 0.25) is 0 Å². The molecule has 3 aromatic rings. The average Bonchev–Trinajstić information content (AvgIpc) is 3.38. The number of benzene rings is 3. The number of methoxy groups -OCH3 is 1. The van der Waals surface area contributed by atoms with Crippen molar-refractivity contribution in [2.75, 3.05) is 7.11 Å². The molecule has 0 aromatic heterocycles. The zero-order chi connectivity index (χ0) is 27.4. The maximum absolute atomic E-state index is 14.1. The van der Waals surface area contributed by atoms with Crippen molar-refractivity contribution >= 4 is 11.9 Å². The highest BCUT2D eigenvalue weighted by molar-refractivity contribution is 5.88. The van der Waals surface area contributed by atoms with E-state index in [1.807, 2.05) is 72.8 Å². The maximum Gasteiger partial charge on any atom is 0.326 e. The standard InChI is InChI=1S/C32H35NO6/c1-21-10-9-15-27(21)39-29(23-13-7-4-8-14-23)31(34)33-19-24-16-17-28(37-2)30(25(24)18-26(33)32(35)36)38-20-22-11-5-3-6-12-22/h3-8,11-14,16-17,21,26-27,29H,9-10,15,18-20H2,1-2H3,(H,35,36)/t21?,26-,27?,29+/m1/s1. The van der Waals surface area contributed by atoms with Crippen LogP contribution in [0.2, 0.25) is 0 Å². The summed E-state index contributed by atoms with van der Waals surface area (Å²) in [5.74, 6) is 0.00750. The normalized spacial score (nSPS) is 21.2. The third-order valence-corrected chi connectivity index (χ3v) is 7.87. The summed E-state index contributed by atoms with van der Waals surface area (Å²) < 4.78 is 18.2. The van der Waals surface area contributed by atoms with E-state index in [0.717, 1.165) is 41.5 Å². The Bertz CT molecular complexity index is 1290. The molecule has 4 atom stereocenters. The molecule has 39 heavy (non-hydrogen) atoms. The smallest absolute Gasteiger partial charge is 0.326 e. The second kappa shape index (κ2) is 11.9. The lowest BCUT2D eigenvalue weighted by molar-refractivity contribution is -0.161. The van der Waals surface area contributed by atoms with Crippen molar-refractivity contribution in [1.82, 2.24) is 4.90 Å². The number of nitrogens with zero attached hydrogens (tertiary/aromatic N) is 1. The number of amides is 1. The topological polar surface area (TPSA) is 85.3 Å². The molecule has 1 fully saturated rings. The van der Waals surface area contributed by atoms with Gasteiger partial charge in [-0.05, 0) is 41.5 Å². The van der Waals surface area contributed by atoms with Gasteiger partial charge >= 0.3 is 5.97 Å². The molecule has 0 radical (unpaired) electrons. The van der Waals surface area contributed by atoms with Crippen molar-refractivity contribution in [2.24, 2.45) is 5.92 Å². The van der Waals surface area contributed by atoms with Gasteiger partial charge in [-0.1, -0.05) is 80.1 Å². The molecular weight excluding hydrogens is 494 g/mol. The molecule has 1 saturated carbocycles. The predicted octanol–water partition coefficient (Wildman–Crippen LogP) is 5.56. The molecule has 0 bridgehead atoms. The summed E-state index contributed by atoms with van der Waals surface area (Å²) in [5.41, 5.74) is 3.32. The minimum atomic E-state index is -1.06. The Morgan fingerprint density at radius 1 is 1.00 bits per heavy atom. The molecule has 2 aliphatic rings. The molecule has 3 aromatic carbocycles. The van der Waals surface area contributed by atoms with Crippen LogP contribution in [0.1, 0.15) is 54.5 Å². The van der Waals surface area contributed by atoms with Gasteiger partial charge in [0.25, 0.3) is 5.91 Å². The molecule has 1 aliphatic heterocycles. The lowest BCUT2D eigenvalue weighted by Gasteiger charge is -2.38. The number of aliphatic carboxylic acids is 1. The third-order valence-electron chi connectivity index (χ3n) is 7.87. The number of hydrogen-bond donors (Lipinski definition) is 1. The number of carbonyl (C=O) groups is 2. The van der Waals surface area contributed by atoms with Crippen LogP contribution in [0, 0.1) is 5.92 Å². The summed E-state index contributed by atoms with van der Waals surface area (Å²) in [6.07, 6.45) is 2.21. The molecule has 204 valence electrons. The van der Waals surface area contributed by atoms with E-state index in [4.69, 9.17) is 14.2 Å². The molecule has 1 aliphatic carbocycles. The van der Waals surface area contributed by atoms with Gasteiger partial charge in [0, 0.05) is 18.5 Å². The summed E-state index contributed by atoms with van der Waals surface area (Å²) >= 11 is 0. The van der Waals surface area contributed by atoms with Crippen molar-refractivity contribution in [3.63, 3.8) is 0 Å². The highest BCUT2D eigenvalue weighted by Crippen LogP contribution is 2.40. The number of fused-ring (bicyclic) bond motifs is 1. The first kappa shape index (κ1) is 26.8. The fraction of sp³-hybridized carbons (Fsp3) is 0.375. The molecule has 1 heterocycles. The minimum absolute atomic E-state index is 0.0400. The number of carboxylic acid groups (broad SMARTS) is 1. The summed E-state index contributed by atoms with van der Waals surface area (Å²) in [6.45, 7) is 2.60. The molecule has 1 amide bonds. The third kappa shape index (κ3) is 5.78. The first-order chi connectivity index (χ1) is 19.0. The molecule has 5 rings (SSSR count). The summed E-state index contributed by atoms with van der Waals surface area (Å²) in [4.78, 5) is 28.1. The average molecular weight is 530 g/mol. The Labute approximate surface area is 229 Å². The van der Waals surface area contributed by atoms with Crippen LogP contribution in [-0.2, 0) is 33.9 Å². The second-order valence-electron chi connectivity index (χ2n) is 10.4. The molecule has 0 saturated heterocycles. The predicted molar refractivity (Wildman–Crippen MR) is 147 cm³/mol. The Morgan fingerprint density at radius 2 is 1.72 bits per heavy atom. The first-order valence-corrected chi connectivity index (χ1v) is 13.6. The van der Waals surface area contributed by atoms with E-state index in [9.17, 15) is 14.7 Å². The van der Waals surface area contributed by atoms with Gasteiger partial charge in [0.1, 0.15) is 12.6 Å². The van der Waals surface area contributed by atoms with Crippen LogP contribution >= 0.6 is 0 Å². The number of ether oxygens (including phenoxy) is 3. The Kier molecular flexibility index (Phi) is 8.17. The zero-order valence-electron chi connectivity index (χ0n) is 22.4. The summed E-state index contributed by atoms with van der Waals surface area (Å²) in [6, 6.07) is 21.8. The first-order valence-electron chi connectivity index (χ1n) is 13.6. The quantitative estimate of drug-likeness (QED) is 0.391. The van der Waals surface area contributed by atoms with Crippen molar-refractivity contribution in [2.45, 2.75) is 64.0 Å². The van der Waals surface area contributed by atoms with Gasteiger partial charge in [-0.3, -0.25) is 4.79 Å². The largest absolute Gasteiger partial charge is 0.493 e. The second-order valence-corrected chi connectivity index (χ2v) is 10.4. The van der Waals surface area contributed by atoms with Gasteiger partial charge in [-0.2, -0.15) is 0 Å². The van der Waals surface area contributed by atoms with E-state index < -0.39 is 18.1 Å². The van der Waals surface area contributed by atoms with Crippen LogP contribution in [0.25, 0.3) is 0 Å². The van der Waals surface area contributed by atoms with Crippen molar-refractivity contribution in [3.05, 3.63) is 95.1 Å². The van der Waals surface area contributed by atoms with E-state index in [0.29, 0.717) is 24.0 Å². The lowest BCUT2D eigenvalue weighted by atomic mass is 9.91. The Balaban J connectivity index is 1.46. The molecular formula is C32H35NO6. The van der Waals surface area contributed by atoms with E-state index in [2.05, 4.69) is 6.92 Å². The van der Waals surface area contributed by atoms with Crippen LogP contribution in [0.15, 0.2) is 72.8 Å². The molecule has 0 spiro atoms. The SMILES string of the molecule is COc1ccc2c(c1OCc1ccccc1)C[C@H](C(=O)O)N(C(=O)[C@@H](OC1CCCC1C)c1ccccc1)C2. The number of carboxylic acids is 1. The molecule has 7 nitrogen and oxygen atoms in total. The Hall–Kier alpha value is -3.84. The molecule has 2 unspecified atom stereocenters. The van der Waals surface area contributed by atoms with E-state index in [1.54, 1.807) is 7.11 Å². The van der Waals surface area contributed by atoms with Gasteiger partial charge < -0.3 is 24.2 Å². The van der Waals surface area contributed by atoms with Crippen LogP contribution in [0.4, 0.5) is 0 Å². The number of hydrogen-bond acceptors (Lipinski definition) is 5. The van der Waals surface area contributed by atoms with Crippen LogP contribution in [0.3, 0.4) is 0 Å². The maximum atomic E-state index is 14.1. The fourth-order valence-electron chi connectivity index (χ4n) is 5.66. The van der Waals surface area contributed by atoms with Crippen LogP contribution < -0.4 is 9.47 Å². The van der Waals surface area contributed by atoms with E-state index >= 15 is 0 Å². The van der Waals surface area contributed by atoms with Gasteiger partial charge in [0.05, 0.1) is 13.2 Å². The molecule has 1 N–H and O–H groups in total. The summed E-state index contributed by atoms with van der Waals surface area (Å²) in [7, 11) is 1.57. The van der Waals surface area contributed by atoms with E-state index in [1.165, 1.54) is 4.90 Å². The van der Waals surface area contributed by atoms with Crippen LogP contribution in [-0.4, -0.2) is 41.1 Å². The van der Waals surface area contributed by atoms with Crippen LogP contribution in [0.5, 0.6) is 11.5 Å².